The van der Waals surface area contributed by atoms with E-state index in [2.05, 4.69) is 37.9 Å². The van der Waals surface area contributed by atoms with Gasteiger partial charge in [0, 0.05) is 12.1 Å². The van der Waals surface area contributed by atoms with Crippen LogP contribution in [0.4, 0.5) is 0 Å². The quantitative estimate of drug-likeness (QED) is 0.906. The zero-order valence-corrected chi connectivity index (χ0v) is 14.1. The molecular weight excluding hydrogens is 264 g/mol. The Labute approximate surface area is 128 Å². The summed E-state index contributed by atoms with van der Waals surface area (Å²) >= 11 is 0. The Hall–Kier alpha value is -1.07. The van der Waals surface area contributed by atoms with Crippen LogP contribution in [-0.2, 0) is 6.54 Å². The van der Waals surface area contributed by atoms with E-state index in [1.54, 1.807) is 13.3 Å². The molecule has 0 radical (unpaired) electrons. The number of rotatable bonds is 5. The summed E-state index contributed by atoms with van der Waals surface area (Å²) in [7, 11) is 5.99. The molecule has 0 aliphatic heterocycles. The van der Waals surface area contributed by atoms with Crippen LogP contribution in [0.2, 0.25) is 0 Å². The predicted molar refractivity (Wildman–Crippen MR) is 85.4 cm³/mol. The number of nitrogens with two attached hydrogens (primary N) is 1. The van der Waals surface area contributed by atoms with Gasteiger partial charge in [-0.05, 0) is 52.6 Å². The van der Waals surface area contributed by atoms with E-state index in [4.69, 9.17) is 10.5 Å². The predicted octanol–water partition coefficient (Wildman–Crippen LogP) is 2.42. The number of aryl methyl sites for hydroxylation is 1. The van der Waals surface area contributed by atoms with Gasteiger partial charge >= 0.3 is 0 Å². The lowest BCUT2D eigenvalue weighted by Crippen LogP contribution is -2.54. The Morgan fingerprint density at radius 3 is 2.57 bits per heavy atom. The molecule has 1 unspecified atom stereocenters. The second-order valence-corrected chi connectivity index (χ2v) is 6.57. The zero-order valence-electron chi connectivity index (χ0n) is 14.1. The fraction of sp³-hybridized carbons (Fsp3) is 0.812. The van der Waals surface area contributed by atoms with E-state index in [9.17, 15) is 0 Å². The van der Waals surface area contributed by atoms with Crippen molar-refractivity contribution in [3.63, 3.8) is 0 Å². The molecule has 1 atom stereocenters. The summed E-state index contributed by atoms with van der Waals surface area (Å²) in [4.78, 5) is 2.32. The summed E-state index contributed by atoms with van der Waals surface area (Å²) in [6, 6.07) is -0.0857. The molecule has 120 valence electrons. The van der Waals surface area contributed by atoms with Gasteiger partial charge < -0.3 is 15.4 Å². The van der Waals surface area contributed by atoms with Crippen molar-refractivity contribution in [2.75, 3.05) is 21.2 Å². The van der Waals surface area contributed by atoms with Crippen molar-refractivity contribution in [3.8, 4) is 5.75 Å². The maximum absolute atomic E-state index is 6.77. The molecule has 0 amide bonds. The summed E-state index contributed by atoms with van der Waals surface area (Å²) in [6.07, 6.45) is 6.50. The number of methoxy groups -OCH3 is 1. The van der Waals surface area contributed by atoms with Crippen molar-refractivity contribution in [2.45, 2.75) is 57.7 Å². The Morgan fingerprint density at radius 1 is 1.48 bits per heavy atom. The molecule has 1 saturated carbocycles. The van der Waals surface area contributed by atoms with Crippen LogP contribution in [-0.4, -0.2) is 41.4 Å². The fourth-order valence-electron chi connectivity index (χ4n) is 3.65. The molecule has 0 spiro atoms. The first-order valence-electron chi connectivity index (χ1n) is 7.99. The van der Waals surface area contributed by atoms with E-state index in [0.717, 1.165) is 36.7 Å². The number of hydrogen-bond donors (Lipinski definition) is 1. The van der Waals surface area contributed by atoms with Crippen LogP contribution in [0.5, 0.6) is 5.75 Å². The molecule has 2 rings (SSSR count). The molecule has 21 heavy (non-hydrogen) atoms. The van der Waals surface area contributed by atoms with E-state index in [-0.39, 0.29) is 11.6 Å². The van der Waals surface area contributed by atoms with Gasteiger partial charge in [0.2, 0.25) is 0 Å². The Bertz CT molecular complexity index is 439. The summed E-state index contributed by atoms with van der Waals surface area (Å²) in [6.45, 7) is 5.24. The van der Waals surface area contributed by atoms with Crippen LogP contribution in [0.1, 0.15) is 51.3 Å². The maximum atomic E-state index is 6.77. The maximum Gasteiger partial charge on any atom is 0.161 e. The molecular formula is C16H30N4O. The van der Waals surface area contributed by atoms with E-state index in [1.807, 2.05) is 4.68 Å². The standard InChI is InChI=1S/C16H30N4O/c1-6-20-14(13(21-5)11-18-20)15(17)16(19(3)4)9-7-12(2)8-10-16/h11-12,15H,6-10,17H2,1-5H3. The van der Waals surface area contributed by atoms with Crippen LogP contribution in [0.3, 0.4) is 0 Å². The Balaban J connectivity index is 2.39. The second-order valence-electron chi connectivity index (χ2n) is 6.57. The molecule has 0 saturated heterocycles. The number of hydrogen-bond acceptors (Lipinski definition) is 4. The summed E-state index contributed by atoms with van der Waals surface area (Å²) in [5.74, 6) is 1.60. The molecule has 2 N–H and O–H groups in total. The van der Waals surface area contributed by atoms with E-state index < -0.39 is 0 Å². The van der Waals surface area contributed by atoms with Crippen molar-refractivity contribution >= 4 is 0 Å². The smallest absolute Gasteiger partial charge is 0.161 e. The van der Waals surface area contributed by atoms with E-state index in [0.29, 0.717) is 0 Å². The molecule has 1 aromatic rings. The summed E-state index contributed by atoms with van der Waals surface area (Å²) < 4.78 is 7.48. The van der Waals surface area contributed by atoms with Gasteiger partial charge in [-0.1, -0.05) is 6.92 Å². The molecule has 1 aromatic heterocycles. The second kappa shape index (κ2) is 6.36. The SMILES string of the molecule is CCn1ncc(OC)c1C(N)C1(N(C)C)CCC(C)CC1. The van der Waals surface area contributed by atoms with Crippen LogP contribution < -0.4 is 10.5 Å². The van der Waals surface area contributed by atoms with Crippen molar-refractivity contribution < 1.29 is 4.74 Å². The number of nitrogens with zero attached hydrogens (tertiary/aromatic N) is 3. The summed E-state index contributed by atoms with van der Waals surface area (Å²) in [5.41, 5.74) is 7.79. The minimum atomic E-state index is -0.0857. The van der Waals surface area contributed by atoms with Gasteiger partial charge in [-0.2, -0.15) is 5.10 Å². The highest BCUT2D eigenvalue weighted by atomic mass is 16.5. The minimum absolute atomic E-state index is 0.00720. The van der Waals surface area contributed by atoms with Gasteiger partial charge in [0.05, 0.1) is 25.0 Å². The third-order valence-corrected chi connectivity index (χ3v) is 5.27. The third kappa shape index (κ3) is 2.81. The van der Waals surface area contributed by atoms with Gasteiger partial charge in [0.25, 0.3) is 0 Å². The van der Waals surface area contributed by atoms with Crippen molar-refractivity contribution in [1.82, 2.24) is 14.7 Å². The molecule has 5 nitrogen and oxygen atoms in total. The van der Waals surface area contributed by atoms with Crippen LogP contribution >= 0.6 is 0 Å². The monoisotopic (exact) mass is 294 g/mol. The molecule has 0 bridgehead atoms. The van der Waals surface area contributed by atoms with E-state index >= 15 is 0 Å². The van der Waals surface area contributed by atoms with Crippen LogP contribution in [0.15, 0.2) is 6.20 Å². The number of aromatic nitrogens is 2. The van der Waals surface area contributed by atoms with Crippen molar-refractivity contribution in [2.24, 2.45) is 11.7 Å². The number of ether oxygens (including phenoxy) is 1. The topological polar surface area (TPSA) is 56.3 Å². The highest BCUT2D eigenvalue weighted by Gasteiger charge is 2.44. The van der Waals surface area contributed by atoms with Crippen LogP contribution in [0, 0.1) is 5.92 Å². The van der Waals surface area contributed by atoms with Gasteiger partial charge in [0.15, 0.2) is 5.75 Å². The van der Waals surface area contributed by atoms with Crippen molar-refractivity contribution in [1.29, 1.82) is 0 Å². The third-order valence-electron chi connectivity index (χ3n) is 5.27. The van der Waals surface area contributed by atoms with Crippen molar-refractivity contribution in [3.05, 3.63) is 11.9 Å². The molecule has 5 heteroatoms. The van der Waals surface area contributed by atoms with Gasteiger partial charge in [0.1, 0.15) is 0 Å². The van der Waals surface area contributed by atoms with Crippen LogP contribution in [0.25, 0.3) is 0 Å². The molecule has 1 fully saturated rings. The first kappa shape index (κ1) is 16.3. The first-order chi connectivity index (χ1) is 9.96. The fourth-order valence-corrected chi connectivity index (χ4v) is 3.65. The molecule has 1 aliphatic carbocycles. The van der Waals surface area contributed by atoms with Gasteiger partial charge in [-0.3, -0.25) is 4.68 Å². The Kier molecular flexibility index (Phi) is 4.94. The normalized spacial score (nSPS) is 27.9. The zero-order chi connectivity index (χ0) is 15.6. The first-order valence-corrected chi connectivity index (χ1v) is 7.99. The Morgan fingerprint density at radius 2 is 2.10 bits per heavy atom. The van der Waals surface area contributed by atoms with Gasteiger partial charge in [-0.25, -0.2) is 0 Å². The van der Waals surface area contributed by atoms with Gasteiger partial charge in [-0.15, -0.1) is 0 Å². The molecule has 0 aromatic carbocycles. The highest BCUT2D eigenvalue weighted by Crippen LogP contribution is 2.44. The average Bonchev–Trinajstić information content (AvgIpc) is 2.90. The highest BCUT2D eigenvalue weighted by molar-refractivity contribution is 5.31. The molecule has 1 aliphatic rings. The lowest BCUT2D eigenvalue weighted by atomic mass is 9.71. The lowest BCUT2D eigenvalue weighted by Gasteiger charge is -2.48. The largest absolute Gasteiger partial charge is 0.493 e. The average molecular weight is 294 g/mol. The summed E-state index contributed by atoms with van der Waals surface area (Å²) in [5, 5.41) is 4.42. The minimum Gasteiger partial charge on any atom is -0.493 e. The molecule has 1 heterocycles. The lowest BCUT2D eigenvalue weighted by molar-refractivity contribution is 0.0528. The number of likely N-dealkylation sites (N-methyl/N-ethyl adjacent to an activating group) is 1. The van der Waals surface area contributed by atoms with E-state index in [1.165, 1.54) is 12.8 Å².